The van der Waals surface area contributed by atoms with Crippen LogP contribution in [0.3, 0.4) is 0 Å². The Balaban J connectivity index is 1.95. The van der Waals surface area contributed by atoms with Gasteiger partial charge in [-0.05, 0) is 19.3 Å². The molecule has 0 saturated carbocycles. The fraction of sp³-hybridized carbons (Fsp3) is 0.917. The van der Waals surface area contributed by atoms with Gasteiger partial charge in [0.15, 0.2) is 0 Å². The molecule has 0 aromatic rings. The first-order valence-electron chi connectivity index (χ1n) is 6.38. The topological polar surface area (TPSA) is 55.6 Å². The van der Waals surface area contributed by atoms with Crippen molar-refractivity contribution in [2.45, 2.75) is 44.1 Å². The molecule has 2 aliphatic rings. The van der Waals surface area contributed by atoms with Crippen molar-refractivity contribution >= 4 is 5.91 Å². The minimum atomic E-state index is -0.737. The summed E-state index contributed by atoms with van der Waals surface area (Å²) in [5.41, 5.74) is 5.37. The molecule has 2 saturated heterocycles. The summed E-state index contributed by atoms with van der Waals surface area (Å²) in [4.78, 5) is 14.3. The van der Waals surface area contributed by atoms with Crippen molar-refractivity contribution in [2.75, 3.05) is 26.3 Å². The van der Waals surface area contributed by atoms with E-state index in [-0.39, 0.29) is 5.91 Å². The number of amides is 1. The third kappa shape index (κ3) is 2.55. The number of nitrogens with two attached hydrogens (primary N) is 1. The van der Waals surface area contributed by atoms with Gasteiger partial charge >= 0.3 is 0 Å². The highest BCUT2D eigenvalue weighted by atomic mass is 16.5. The molecule has 4 nitrogen and oxygen atoms in total. The monoisotopic (exact) mass is 226 g/mol. The summed E-state index contributed by atoms with van der Waals surface area (Å²) in [6.07, 6.45) is 6.67. The summed E-state index contributed by atoms with van der Waals surface area (Å²) < 4.78 is 5.26. The van der Waals surface area contributed by atoms with Crippen LogP contribution in [-0.4, -0.2) is 42.6 Å². The van der Waals surface area contributed by atoms with Gasteiger partial charge in [0.1, 0.15) is 5.54 Å². The van der Waals surface area contributed by atoms with Crippen LogP contribution < -0.4 is 5.73 Å². The average Bonchev–Trinajstić information content (AvgIpc) is 2.65. The molecule has 2 N–H and O–H groups in total. The predicted octanol–water partition coefficient (Wildman–Crippen LogP) is 0.897. The van der Waals surface area contributed by atoms with Gasteiger partial charge in [-0.15, -0.1) is 0 Å². The van der Waals surface area contributed by atoms with Gasteiger partial charge in [-0.3, -0.25) is 4.79 Å². The second-order valence-electron chi connectivity index (χ2n) is 5.02. The molecule has 2 fully saturated rings. The normalized spacial score (nSPS) is 32.2. The summed E-state index contributed by atoms with van der Waals surface area (Å²) >= 11 is 0. The second-order valence-corrected chi connectivity index (χ2v) is 5.02. The summed E-state index contributed by atoms with van der Waals surface area (Å²) in [5, 5.41) is 0. The molecule has 1 unspecified atom stereocenters. The van der Waals surface area contributed by atoms with E-state index in [4.69, 9.17) is 10.5 Å². The Morgan fingerprint density at radius 3 is 2.31 bits per heavy atom. The third-order valence-corrected chi connectivity index (χ3v) is 3.62. The zero-order valence-corrected chi connectivity index (χ0v) is 9.91. The Bertz CT molecular complexity index is 241. The highest BCUT2D eigenvalue weighted by Crippen LogP contribution is 2.20. The molecule has 2 aliphatic heterocycles. The standard InChI is InChI=1S/C12H22N2O2/c13-12(6-9-16-10-12)11(15)14-7-4-2-1-3-5-8-14/h1-10,13H2. The minimum Gasteiger partial charge on any atom is -0.379 e. The lowest BCUT2D eigenvalue weighted by atomic mass is 9.97. The molecule has 0 spiro atoms. The van der Waals surface area contributed by atoms with E-state index in [0.717, 1.165) is 25.9 Å². The van der Waals surface area contributed by atoms with E-state index < -0.39 is 5.54 Å². The molecular weight excluding hydrogens is 204 g/mol. The molecule has 2 heterocycles. The van der Waals surface area contributed by atoms with E-state index >= 15 is 0 Å². The van der Waals surface area contributed by atoms with Crippen LogP contribution in [0.25, 0.3) is 0 Å². The van der Waals surface area contributed by atoms with E-state index in [2.05, 4.69) is 0 Å². The van der Waals surface area contributed by atoms with Gasteiger partial charge in [-0.2, -0.15) is 0 Å². The van der Waals surface area contributed by atoms with Gasteiger partial charge in [0.05, 0.1) is 6.61 Å². The maximum absolute atomic E-state index is 12.3. The van der Waals surface area contributed by atoms with Crippen LogP contribution in [0.4, 0.5) is 0 Å². The van der Waals surface area contributed by atoms with Gasteiger partial charge in [0.2, 0.25) is 5.91 Å². The Morgan fingerprint density at radius 2 is 1.75 bits per heavy atom. The number of hydrogen-bond donors (Lipinski definition) is 1. The lowest BCUT2D eigenvalue weighted by Gasteiger charge is -2.31. The fourth-order valence-electron chi connectivity index (χ4n) is 2.51. The second kappa shape index (κ2) is 5.15. The maximum Gasteiger partial charge on any atom is 0.245 e. The van der Waals surface area contributed by atoms with Gasteiger partial charge in [-0.1, -0.05) is 19.3 Å². The first-order valence-corrected chi connectivity index (χ1v) is 6.38. The van der Waals surface area contributed by atoms with Crippen LogP contribution in [0.5, 0.6) is 0 Å². The number of nitrogens with zero attached hydrogens (tertiary/aromatic N) is 1. The number of hydrogen-bond acceptors (Lipinski definition) is 3. The largest absolute Gasteiger partial charge is 0.379 e. The molecule has 0 bridgehead atoms. The Morgan fingerprint density at radius 1 is 1.12 bits per heavy atom. The zero-order chi connectivity index (χ0) is 11.4. The van der Waals surface area contributed by atoms with E-state index in [0.29, 0.717) is 19.6 Å². The quantitative estimate of drug-likeness (QED) is 0.722. The van der Waals surface area contributed by atoms with Crippen molar-refractivity contribution in [1.82, 2.24) is 4.90 Å². The number of ether oxygens (including phenoxy) is 1. The first kappa shape index (κ1) is 11.9. The van der Waals surface area contributed by atoms with Gasteiger partial charge in [0.25, 0.3) is 0 Å². The van der Waals surface area contributed by atoms with Crippen molar-refractivity contribution in [2.24, 2.45) is 5.73 Å². The summed E-state index contributed by atoms with van der Waals surface area (Å²) in [6, 6.07) is 0. The average molecular weight is 226 g/mol. The summed E-state index contributed by atoms with van der Waals surface area (Å²) in [7, 11) is 0. The van der Waals surface area contributed by atoms with E-state index in [9.17, 15) is 4.79 Å². The molecule has 1 atom stereocenters. The highest BCUT2D eigenvalue weighted by molar-refractivity contribution is 5.86. The third-order valence-electron chi connectivity index (χ3n) is 3.62. The molecule has 16 heavy (non-hydrogen) atoms. The zero-order valence-electron chi connectivity index (χ0n) is 9.91. The first-order chi connectivity index (χ1) is 7.72. The van der Waals surface area contributed by atoms with Gasteiger partial charge in [-0.25, -0.2) is 0 Å². The van der Waals surface area contributed by atoms with Crippen LogP contribution >= 0.6 is 0 Å². The van der Waals surface area contributed by atoms with Crippen LogP contribution in [0.15, 0.2) is 0 Å². The van der Waals surface area contributed by atoms with Gasteiger partial charge in [0, 0.05) is 19.7 Å². The Labute approximate surface area is 97.1 Å². The van der Waals surface area contributed by atoms with Crippen molar-refractivity contribution in [3.05, 3.63) is 0 Å². The molecule has 2 rings (SSSR count). The summed E-state index contributed by atoms with van der Waals surface area (Å²) in [6.45, 7) is 2.76. The van der Waals surface area contributed by atoms with Gasteiger partial charge < -0.3 is 15.4 Å². The number of rotatable bonds is 1. The van der Waals surface area contributed by atoms with E-state index in [1.807, 2.05) is 4.90 Å². The van der Waals surface area contributed by atoms with Crippen LogP contribution in [-0.2, 0) is 9.53 Å². The van der Waals surface area contributed by atoms with Crippen molar-refractivity contribution < 1.29 is 9.53 Å². The van der Waals surface area contributed by atoms with E-state index in [1.54, 1.807) is 0 Å². The van der Waals surface area contributed by atoms with E-state index in [1.165, 1.54) is 19.3 Å². The smallest absolute Gasteiger partial charge is 0.245 e. The molecule has 1 amide bonds. The highest BCUT2D eigenvalue weighted by Gasteiger charge is 2.40. The van der Waals surface area contributed by atoms with Crippen molar-refractivity contribution in [3.63, 3.8) is 0 Å². The molecule has 0 aliphatic carbocycles. The van der Waals surface area contributed by atoms with Crippen LogP contribution in [0.1, 0.15) is 38.5 Å². The molecule has 0 aromatic carbocycles. The van der Waals surface area contributed by atoms with Crippen LogP contribution in [0.2, 0.25) is 0 Å². The molecule has 4 heteroatoms. The maximum atomic E-state index is 12.3. The molecular formula is C12H22N2O2. The molecule has 0 radical (unpaired) electrons. The lowest BCUT2D eigenvalue weighted by molar-refractivity contribution is -0.137. The predicted molar refractivity (Wildman–Crippen MR) is 62.0 cm³/mol. The molecule has 0 aromatic heterocycles. The Hall–Kier alpha value is -0.610. The van der Waals surface area contributed by atoms with Crippen molar-refractivity contribution in [1.29, 1.82) is 0 Å². The number of carbonyl (C=O) groups excluding carboxylic acids is 1. The molecule has 92 valence electrons. The minimum absolute atomic E-state index is 0.104. The summed E-state index contributed by atoms with van der Waals surface area (Å²) in [5.74, 6) is 0.104. The van der Waals surface area contributed by atoms with Crippen LogP contribution in [0, 0.1) is 0 Å². The number of likely N-dealkylation sites (tertiary alicyclic amines) is 1. The number of carbonyl (C=O) groups is 1. The lowest BCUT2D eigenvalue weighted by Crippen LogP contribution is -2.56. The Kier molecular flexibility index (Phi) is 3.82. The fourth-order valence-corrected chi connectivity index (χ4v) is 2.51. The van der Waals surface area contributed by atoms with Crippen molar-refractivity contribution in [3.8, 4) is 0 Å². The SMILES string of the molecule is NC1(C(=O)N2CCCCCCC2)CCOC1.